The van der Waals surface area contributed by atoms with Gasteiger partial charge in [0.05, 0.1) is 12.0 Å². The van der Waals surface area contributed by atoms with Gasteiger partial charge in [-0.15, -0.1) is 0 Å². The number of benzene rings is 2. The zero-order valence-electron chi connectivity index (χ0n) is 16.3. The molecule has 2 saturated carbocycles. The fourth-order valence-corrected chi connectivity index (χ4v) is 5.80. The van der Waals surface area contributed by atoms with Crippen molar-refractivity contribution in [3.05, 3.63) is 59.7 Å². The van der Waals surface area contributed by atoms with Gasteiger partial charge < -0.3 is 15.2 Å². The summed E-state index contributed by atoms with van der Waals surface area (Å²) in [5.74, 6) is -0.0533. The smallest absolute Gasteiger partial charge is 0.407 e. The summed E-state index contributed by atoms with van der Waals surface area (Å²) in [5.41, 5.74) is 4.06. The molecule has 2 fully saturated rings. The number of ether oxygens (including phenoxy) is 1. The number of nitrogens with one attached hydrogen (secondary N) is 1. The Morgan fingerprint density at radius 3 is 2.21 bits per heavy atom. The van der Waals surface area contributed by atoms with Crippen molar-refractivity contribution in [3.63, 3.8) is 0 Å². The molecule has 3 aliphatic carbocycles. The number of fused-ring (bicyclic) bond motifs is 4. The van der Waals surface area contributed by atoms with Crippen LogP contribution in [-0.2, 0) is 9.53 Å². The predicted molar refractivity (Wildman–Crippen MR) is 109 cm³/mol. The van der Waals surface area contributed by atoms with Gasteiger partial charge in [-0.3, -0.25) is 4.79 Å². The first-order valence-electron chi connectivity index (χ1n) is 10.4. The number of hydrogen-bond acceptors (Lipinski definition) is 3. The maximum absolute atomic E-state index is 12.7. The van der Waals surface area contributed by atoms with Crippen LogP contribution in [0.3, 0.4) is 0 Å². The highest BCUT2D eigenvalue weighted by Gasteiger charge is 2.54. The summed E-state index contributed by atoms with van der Waals surface area (Å²) >= 11 is 0. The zero-order valence-corrected chi connectivity index (χ0v) is 16.3. The first-order valence-corrected chi connectivity index (χ1v) is 10.4. The predicted octanol–water partition coefficient (Wildman–Crippen LogP) is 4.56. The molecule has 5 nitrogen and oxygen atoms in total. The molecule has 0 aromatic heterocycles. The fraction of sp³-hybridized carbons (Fsp3) is 0.417. The number of carbonyl (C=O) groups is 2. The number of alkyl carbamates (subject to hydrolysis) is 1. The molecular weight excluding hydrogens is 366 g/mol. The quantitative estimate of drug-likeness (QED) is 0.784. The third-order valence-electron chi connectivity index (χ3n) is 7.25. The number of amides is 1. The maximum atomic E-state index is 12.7. The second kappa shape index (κ2) is 6.90. The first-order chi connectivity index (χ1) is 14.1. The highest BCUT2D eigenvalue weighted by Crippen LogP contribution is 2.54. The highest BCUT2D eigenvalue weighted by atomic mass is 16.5. The monoisotopic (exact) mass is 391 g/mol. The lowest BCUT2D eigenvalue weighted by Gasteiger charge is -2.42. The Balaban J connectivity index is 1.31. The van der Waals surface area contributed by atoms with Crippen LogP contribution in [0.2, 0.25) is 0 Å². The van der Waals surface area contributed by atoms with Gasteiger partial charge in [0.2, 0.25) is 0 Å². The molecule has 5 rings (SSSR count). The van der Waals surface area contributed by atoms with Crippen LogP contribution in [0.1, 0.15) is 49.1 Å². The fourth-order valence-electron chi connectivity index (χ4n) is 5.80. The second-order valence-electron chi connectivity index (χ2n) is 8.66. The second-order valence-corrected chi connectivity index (χ2v) is 8.66. The Labute approximate surface area is 170 Å². The molecule has 2 N–H and O–H groups in total. The van der Waals surface area contributed by atoms with Gasteiger partial charge in [0.15, 0.2) is 0 Å². The number of aliphatic carboxylic acids is 1. The summed E-state index contributed by atoms with van der Waals surface area (Å²) in [4.78, 5) is 24.2. The Bertz CT molecular complexity index is 925. The van der Waals surface area contributed by atoms with Crippen LogP contribution < -0.4 is 5.32 Å². The molecule has 3 atom stereocenters. The summed E-state index contributed by atoms with van der Waals surface area (Å²) in [5, 5.41) is 12.4. The van der Waals surface area contributed by atoms with Crippen molar-refractivity contribution in [2.75, 3.05) is 6.61 Å². The van der Waals surface area contributed by atoms with E-state index in [-0.39, 0.29) is 24.9 Å². The van der Waals surface area contributed by atoms with Gasteiger partial charge in [-0.25, -0.2) is 4.79 Å². The van der Waals surface area contributed by atoms with Gasteiger partial charge in [-0.05, 0) is 59.8 Å². The minimum atomic E-state index is -0.864. The molecule has 1 unspecified atom stereocenters. The average molecular weight is 391 g/mol. The lowest BCUT2D eigenvalue weighted by atomic mass is 9.68. The number of hydrogen-bond donors (Lipinski definition) is 2. The topological polar surface area (TPSA) is 75.6 Å². The number of carboxylic acid groups (broad SMARTS) is 1. The van der Waals surface area contributed by atoms with E-state index in [4.69, 9.17) is 4.74 Å². The summed E-state index contributed by atoms with van der Waals surface area (Å²) in [6, 6.07) is 16.4. The lowest BCUT2D eigenvalue weighted by molar-refractivity contribution is -0.139. The van der Waals surface area contributed by atoms with Crippen LogP contribution in [0.15, 0.2) is 48.5 Å². The molecule has 0 aliphatic heterocycles. The van der Waals surface area contributed by atoms with Gasteiger partial charge in [0, 0.05) is 5.92 Å². The van der Waals surface area contributed by atoms with Gasteiger partial charge in [-0.2, -0.15) is 0 Å². The van der Waals surface area contributed by atoms with Crippen LogP contribution in [-0.4, -0.2) is 29.3 Å². The Hall–Kier alpha value is -2.82. The molecule has 2 aromatic carbocycles. The molecule has 0 radical (unpaired) electrons. The largest absolute Gasteiger partial charge is 0.481 e. The molecule has 5 heteroatoms. The Morgan fingerprint density at radius 2 is 1.66 bits per heavy atom. The molecule has 150 valence electrons. The minimum Gasteiger partial charge on any atom is -0.481 e. The normalized spacial score (nSPS) is 26.8. The van der Waals surface area contributed by atoms with E-state index in [2.05, 4.69) is 29.6 Å². The van der Waals surface area contributed by atoms with Crippen LogP contribution in [0.25, 0.3) is 11.1 Å². The van der Waals surface area contributed by atoms with E-state index < -0.39 is 17.6 Å². The molecule has 0 bridgehead atoms. The van der Waals surface area contributed by atoms with E-state index in [1.54, 1.807) is 0 Å². The third-order valence-corrected chi connectivity index (χ3v) is 7.25. The van der Waals surface area contributed by atoms with Crippen molar-refractivity contribution in [1.29, 1.82) is 0 Å². The van der Waals surface area contributed by atoms with Crippen molar-refractivity contribution in [3.8, 4) is 11.1 Å². The molecule has 1 amide bonds. The third kappa shape index (κ3) is 3.00. The Kier molecular flexibility index (Phi) is 4.34. The van der Waals surface area contributed by atoms with Crippen LogP contribution in [0, 0.1) is 11.8 Å². The molecular formula is C24H25NO4. The van der Waals surface area contributed by atoms with Crippen LogP contribution in [0.4, 0.5) is 4.79 Å². The summed E-state index contributed by atoms with van der Waals surface area (Å²) in [6.07, 6.45) is 3.30. The van der Waals surface area contributed by atoms with E-state index in [1.165, 1.54) is 22.3 Å². The van der Waals surface area contributed by atoms with E-state index >= 15 is 0 Å². The lowest BCUT2D eigenvalue weighted by Crippen LogP contribution is -2.55. The van der Waals surface area contributed by atoms with Crippen molar-refractivity contribution in [2.24, 2.45) is 11.8 Å². The number of rotatable bonds is 5. The molecule has 3 aliphatic rings. The highest BCUT2D eigenvalue weighted by molar-refractivity contribution is 5.79. The number of carboxylic acids is 1. The van der Waals surface area contributed by atoms with Crippen molar-refractivity contribution < 1.29 is 19.4 Å². The molecule has 0 saturated heterocycles. The van der Waals surface area contributed by atoms with E-state index in [9.17, 15) is 14.7 Å². The minimum absolute atomic E-state index is 0.00334. The van der Waals surface area contributed by atoms with Crippen molar-refractivity contribution >= 4 is 12.1 Å². The summed E-state index contributed by atoms with van der Waals surface area (Å²) in [6.45, 7) is 0.247. The van der Waals surface area contributed by atoms with Gasteiger partial charge in [0.1, 0.15) is 6.61 Å². The number of carbonyl (C=O) groups excluding carboxylic acids is 1. The molecule has 0 heterocycles. The van der Waals surface area contributed by atoms with Crippen LogP contribution >= 0.6 is 0 Å². The first kappa shape index (κ1) is 18.2. The molecule has 2 aromatic rings. The maximum Gasteiger partial charge on any atom is 0.407 e. The summed E-state index contributed by atoms with van der Waals surface area (Å²) in [7, 11) is 0. The van der Waals surface area contributed by atoms with E-state index in [1.807, 2.05) is 24.3 Å². The average Bonchev–Trinajstić information content (AvgIpc) is 3.10. The van der Waals surface area contributed by atoms with Gasteiger partial charge in [0.25, 0.3) is 0 Å². The molecule has 29 heavy (non-hydrogen) atoms. The summed E-state index contributed by atoms with van der Waals surface area (Å²) < 4.78 is 5.67. The Morgan fingerprint density at radius 1 is 1.00 bits per heavy atom. The van der Waals surface area contributed by atoms with Crippen molar-refractivity contribution in [2.45, 2.75) is 43.6 Å². The molecule has 0 spiro atoms. The standard InChI is InChI=1S/C24H25NO4/c26-22(27)13-24(12-11-15-9-10-21(15)24)25-23(28)29-14-20-18-7-3-1-5-16(18)17-6-2-4-8-19(17)20/h1-8,15,20-21H,9-14H2,(H,25,28)(H,26,27)/t15-,21-,24?/m1/s1. The van der Waals surface area contributed by atoms with E-state index in [0.29, 0.717) is 5.92 Å². The zero-order chi connectivity index (χ0) is 20.0. The van der Waals surface area contributed by atoms with Crippen LogP contribution in [0.5, 0.6) is 0 Å². The SMILES string of the molecule is O=C(O)CC1(NC(=O)OCC2c3ccccc3-c3ccccc32)CC[C@H]2CC[C@H]21. The van der Waals surface area contributed by atoms with Crippen molar-refractivity contribution in [1.82, 2.24) is 5.32 Å². The van der Waals surface area contributed by atoms with Gasteiger partial charge >= 0.3 is 12.1 Å². The van der Waals surface area contributed by atoms with E-state index in [0.717, 1.165) is 25.7 Å². The van der Waals surface area contributed by atoms with Gasteiger partial charge in [-0.1, -0.05) is 48.5 Å².